The molecule has 3 aromatic heterocycles. The quantitative estimate of drug-likeness (QED) is 0.126. The Morgan fingerprint density at radius 3 is 2.52 bits per heavy atom. The Balaban J connectivity index is 1.97. The third-order valence-corrected chi connectivity index (χ3v) is 8.92. The topological polar surface area (TPSA) is 139 Å². The Labute approximate surface area is 290 Å². The number of nitrogens with one attached hydrogen (secondary N) is 1. The molecule has 1 aliphatic heterocycles. The number of amides is 1. The Bertz CT molecular complexity index is 2060. The largest absolute Gasteiger partial charge is 0.444 e. The molecule has 1 atom stereocenters. The van der Waals surface area contributed by atoms with E-state index in [2.05, 4.69) is 16.4 Å². The average Bonchev–Trinajstić information content (AvgIpc) is 3.02. The first-order chi connectivity index (χ1) is 22.5. The van der Waals surface area contributed by atoms with Gasteiger partial charge >= 0.3 is 6.09 Å². The van der Waals surface area contributed by atoms with Crippen molar-refractivity contribution in [2.45, 2.75) is 59.1 Å². The van der Waals surface area contributed by atoms with Gasteiger partial charge in [-0.1, -0.05) is 48.7 Å². The van der Waals surface area contributed by atoms with Crippen LogP contribution in [0, 0.1) is 29.9 Å². The van der Waals surface area contributed by atoms with E-state index in [1.165, 1.54) is 15.5 Å². The van der Waals surface area contributed by atoms with E-state index in [1.54, 1.807) is 40.0 Å². The van der Waals surface area contributed by atoms with Crippen LogP contribution in [-0.4, -0.2) is 50.8 Å². The summed E-state index contributed by atoms with van der Waals surface area (Å²) in [5, 5.41) is 12.2. The summed E-state index contributed by atoms with van der Waals surface area (Å²) in [6, 6.07) is 4.27. The van der Waals surface area contributed by atoms with E-state index in [0.29, 0.717) is 23.5 Å². The van der Waals surface area contributed by atoms with Crippen LogP contribution in [0.5, 0.6) is 0 Å². The van der Waals surface area contributed by atoms with E-state index in [1.807, 2.05) is 13.8 Å². The zero-order valence-electron chi connectivity index (χ0n) is 26.9. The van der Waals surface area contributed by atoms with Gasteiger partial charge in [0.15, 0.2) is 11.6 Å². The molecule has 3 N–H and O–H groups in total. The molecule has 5 rings (SSSR count). The fraction of sp³-hybridized carbons (Fsp3) is 0.364. The highest BCUT2D eigenvalue weighted by molar-refractivity contribution is 6.38. The van der Waals surface area contributed by atoms with Gasteiger partial charge in [-0.05, 0) is 51.3 Å². The van der Waals surface area contributed by atoms with Crippen molar-refractivity contribution in [1.82, 2.24) is 24.8 Å². The molecule has 0 radical (unpaired) electrons. The third kappa shape index (κ3) is 6.05. The Kier molecular flexibility index (Phi) is 9.65. The third-order valence-electron chi connectivity index (χ3n) is 7.93. The summed E-state index contributed by atoms with van der Waals surface area (Å²) < 4.78 is 37.2. The summed E-state index contributed by atoms with van der Waals surface area (Å²) in [5.41, 5.74) is 4.54. The second-order valence-electron chi connectivity index (χ2n) is 12.7. The second kappa shape index (κ2) is 13.1. The van der Waals surface area contributed by atoms with Crippen LogP contribution in [0.4, 0.5) is 19.3 Å². The predicted molar refractivity (Wildman–Crippen MR) is 182 cm³/mol. The molecular formula is C33H32Cl3F2N7O3. The summed E-state index contributed by atoms with van der Waals surface area (Å²) in [5.74, 6) is -2.71. The number of fused-ring (bicyclic) bond motifs is 1. The van der Waals surface area contributed by atoms with Crippen LogP contribution in [-0.2, 0) is 4.74 Å². The monoisotopic (exact) mass is 717 g/mol. The molecule has 0 bridgehead atoms. The lowest BCUT2D eigenvalue weighted by Gasteiger charge is -2.38. The minimum atomic E-state index is -1.26. The van der Waals surface area contributed by atoms with Gasteiger partial charge in [0.25, 0.3) is 5.56 Å². The summed E-state index contributed by atoms with van der Waals surface area (Å²) in [6.45, 7) is 11.5. The number of ether oxygens (including phenoxy) is 1. The lowest BCUT2D eigenvalue weighted by Crippen LogP contribution is -2.50. The lowest BCUT2D eigenvalue weighted by molar-refractivity contribution is 0.0119. The number of rotatable bonds is 4. The molecule has 4 heterocycles. The lowest BCUT2D eigenvalue weighted by atomic mass is 9.94. The van der Waals surface area contributed by atoms with Crippen molar-refractivity contribution < 1.29 is 18.3 Å². The van der Waals surface area contributed by atoms with Crippen molar-refractivity contribution in [2.24, 2.45) is 0 Å². The van der Waals surface area contributed by atoms with Crippen LogP contribution < -0.4 is 16.6 Å². The molecule has 1 aliphatic rings. The van der Waals surface area contributed by atoms with Gasteiger partial charge in [-0.3, -0.25) is 19.2 Å². The first kappa shape index (κ1) is 35.3. The van der Waals surface area contributed by atoms with Crippen LogP contribution in [0.2, 0.25) is 15.1 Å². The summed E-state index contributed by atoms with van der Waals surface area (Å²) in [6.07, 6.45) is 0.948. The zero-order valence-corrected chi connectivity index (χ0v) is 29.2. The summed E-state index contributed by atoms with van der Waals surface area (Å²) >= 11 is 18.8. The van der Waals surface area contributed by atoms with Crippen LogP contribution >= 0.6 is 34.8 Å². The number of pyridine rings is 3. The molecular weight excluding hydrogens is 687 g/mol. The molecule has 15 heteroatoms. The molecule has 48 heavy (non-hydrogen) atoms. The van der Waals surface area contributed by atoms with Gasteiger partial charge in [-0.2, -0.15) is 5.26 Å². The standard InChI is InChI=1S/C33H32Cl3F2N7O3/c1-14(2)27-29(15(3)7-8-42-27)45-30-16(11-18(34)28(43-30)21-24(37)22(35)25(38)23(36)26(21)40)20(17(12-39)31(45)46)19-13-41-9-10-44(19)32(47)48-33(4,5)6/h7-8,11,14,19,41H,9-10,13,40H2,1-6H3. The van der Waals surface area contributed by atoms with E-state index in [-0.39, 0.29) is 51.9 Å². The van der Waals surface area contributed by atoms with Crippen molar-refractivity contribution in [1.29, 1.82) is 5.26 Å². The number of nitrogens with two attached hydrogens (primary N) is 1. The molecule has 1 saturated heterocycles. The molecule has 0 saturated carbocycles. The highest BCUT2D eigenvalue weighted by atomic mass is 35.5. The maximum absolute atomic E-state index is 15.7. The van der Waals surface area contributed by atoms with Crippen molar-refractivity contribution >= 4 is 57.6 Å². The average molecular weight is 719 g/mol. The first-order valence-corrected chi connectivity index (χ1v) is 16.1. The zero-order chi connectivity index (χ0) is 35.4. The number of aryl methyl sites for hydroxylation is 1. The Morgan fingerprint density at radius 1 is 1.21 bits per heavy atom. The van der Waals surface area contributed by atoms with E-state index >= 15 is 4.39 Å². The Hall–Kier alpha value is -4.02. The van der Waals surface area contributed by atoms with E-state index in [4.69, 9.17) is 50.3 Å². The molecule has 252 valence electrons. The normalized spacial score (nSPS) is 15.2. The van der Waals surface area contributed by atoms with Gasteiger partial charge in [-0.15, -0.1) is 0 Å². The van der Waals surface area contributed by atoms with Crippen molar-refractivity contribution in [3.63, 3.8) is 0 Å². The van der Waals surface area contributed by atoms with Crippen LogP contribution in [0.15, 0.2) is 23.1 Å². The Morgan fingerprint density at radius 2 is 1.90 bits per heavy atom. The minimum Gasteiger partial charge on any atom is -0.444 e. The van der Waals surface area contributed by atoms with Gasteiger partial charge in [0.05, 0.1) is 39.4 Å². The van der Waals surface area contributed by atoms with Crippen LogP contribution in [0.3, 0.4) is 0 Å². The molecule has 0 aliphatic carbocycles. The fourth-order valence-corrected chi connectivity index (χ4v) is 6.48. The van der Waals surface area contributed by atoms with Gasteiger partial charge in [0.2, 0.25) is 0 Å². The predicted octanol–water partition coefficient (Wildman–Crippen LogP) is 7.45. The number of carbonyl (C=O) groups is 1. The molecule has 1 unspecified atom stereocenters. The summed E-state index contributed by atoms with van der Waals surface area (Å²) in [4.78, 5) is 38.8. The smallest absolute Gasteiger partial charge is 0.410 e. The molecule has 1 aromatic carbocycles. The van der Waals surface area contributed by atoms with Gasteiger partial charge in [-0.25, -0.2) is 18.6 Å². The van der Waals surface area contributed by atoms with Gasteiger partial charge in [0, 0.05) is 36.8 Å². The number of carbonyl (C=O) groups excluding carboxylic acids is 1. The van der Waals surface area contributed by atoms with Crippen molar-refractivity contribution in [2.75, 3.05) is 25.4 Å². The SMILES string of the molecule is Cc1ccnc(C(C)C)c1-n1c(=O)c(C#N)c(C2CNCCN2C(=O)OC(C)(C)C)c2cc(Cl)c(-c3c(N)c(Cl)c(F)c(Cl)c3F)nc21. The number of hydrogen-bond acceptors (Lipinski definition) is 8. The number of nitrogen functional groups attached to an aromatic ring is 1. The number of aromatic nitrogens is 3. The maximum atomic E-state index is 15.7. The number of hydrogen-bond donors (Lipinski definition) is 2. The van der Waals surface area contributed by atoms with Crippen LogP contribution in [0.25, 0.3) is 28.0 Å². The number of benzene rings is 1. The molecule has 10 nitrogen and oxygen atoms in total. The number of halogens is 5. The molecule has 0 spiro atoms. The van der Waals surface area contributed by atoms with Gasteiger partial charge < -0.3 is 15.8 Å². The minimum absolute atomic E-state index is 0.0588. The maximum Gasteiger partial charge on any atom is 0.410 e. The fourth-order valence-electron chi connectivity index (χ4n) is 5.81. The summed E-state index contributed by atoms with van der Waals surface area (Å²) in [7, 11) is 0. The van der Waals surface area contributed by atoms with Crippen LogP contribution in [0.1, 0.15) is 69.0 Å². The van der Waals surface area contributed by atoms with Gasteiger partial charge in [0.1, 0.15) is 32.9 Å². The molecule has 1 fully saturated rings. The van der Waals surface area contributed by atoms with E-state index in [9.17, 15) is 19.2 Å². The first-order valence-electron chi connectivity index (χ1n) is 15.0. The molecule has 4 aromatic rings. The highest BCUT2D eigenvalue weighted by Crippen LogP contribution is 2.44. The number of piperazine rings is 1. The number of nitrogens with zero attached hydrogens (tertiary/aromatic N) is 5. The number of anilines is 1. The van der Waals surface area contributed by atoms with Crippen molar-refractivity contribution in [3.8, 4) is 23.0 Å². The second-order valence-corrected chi connectivity index (χ2v) is 13.8. The number of nitriles is 1. The van der Waals surface area contributed by atoms with E-state index < -0.39 is 56.2 Å². The van der Waals surface area contributed by atoms with Crippen molar-refractivity contribution in [3.05, 3.63) is 77.8 Å². The van der Waals surface area contributed by atoms with E-state index in [0.717, 1.165) is 0 Å². The molecule has 1 amide bonds. The highest BCUT2D eigenvalue weighted by Gasteiger charge is 2.37.